The minimum atomic E-state index is -0.426. The second-order valence-corrected chi connectivity index (χ2v) is 4.54. The molecule has 0 unspecified atom stereocenters. The van der Waals surface area contributed by atoms with Crippen LogP contribution in [0.2, 0.25) is 0 Å². The molecule has 18 heavy (non-hydrogen) atoms. The summed E-state index contributed by atoms with van der Waals surface area (Å²) in [6.07, 6.45) is 1.01. The third-order valence-corrected chi connectivity index (χ3v) is 3.48. The number of hydrogen-bond donors (Lipinski definition) is 0. The van der Waals surface area contributed by atoms with Crippen LogP contribution < -0.4 is 0 Å². The topological polar surface area (TPSA) is 43.4 Å². The fourth-order valence-corrected chi connectivity index (χ4v) is 2.54. The minimum Gasteiger partial charge on any atom is -0.469 e. The molecule has 0 aliphatic heterocycles. The van der Waals surface area contributed by atoms with Gasteiger partial charge in [0.1, 0.15) is 11.6 Å². The maximum atomic E-state index is 13.8. The summed E-state index contributed by atoms with van der Waals surface area (Å²) in [7, 11) is 1.32. The molecule has 2 atom stereocenters. The number of halogens is 1. The highest BCUT2D eigenvalue weighted by atomic mass is 19.1. The van der Waals surface area contributed by atoms with E-state index in [4.69, 9.17) is 4.74 Å². The van der Waals surface area contributed by atoms with Crippen molar-refractivity contribution in [2.24, 2.45) is 5.92 Å². The van der Waals surface area contributed by atoms with E-state index in [0.29, 0.717) is 18.4 Å². The van der Waals surface area contributed by atoms with E-state index in [-0.39, 0.29) is 24.0 Å². The lowest BCUT2D eigenvalue weighted by molar-refractivity contribution is -0.148. The zero-order valence-corrected chi connectivity index (χ0v) is 10.2. The largest absolute Gasteiger partial charge is 0.469 e. The number of carbonyl (C=O) groups is 2. The van der Waals surface area contributed by atoms with Crippen LogP contribution in [0.25, 0.3) is 0 Å². The first-order valence-corrected chi connectivity index (χ1v) is 5.97. The molecule has 0 N–H and O–H groups in total. The van der Waals surface area contributed by atoms with E-state index in [0.717, 1.165) is 0 Å². The van der Waals surface area contributed by atoms with Crippen LogP contribution in [0, 0.1) is 11.7 Å². The number of ketones is 1. The maximum absolute atomic E-state index is 13.8. The second-order valence-electron chi connectivity index (χ2n) is 4.54. The van der Waals surface area contributed by atoms with Gasteiger partial charge in [0.25, 0.3) is 0 Å². The SMILES string of the molecule is COC(=O)[C@@H]1CCC(=O)C[C@H]1c1ccccc1F. The van der Waals surface area contributed by atoms with Gasteiger partial charge in [0.05, 0.1) is 13.0 Å². The number of benzene rings is 1. The van der Waals surface area contributed by atoms with E-state index in [9.17, 15) is 14.0 Å². The van der Waals surface area contributed by atoms with Crippen molar-refractivity contribution in [3.8, 4) is 0 Å². The van der Waals surface area contributed by atoms with Gasteiger partial charge in [0.15, 0.2) is 0 Å². The Labute approximate surface area is 105 Å². The Morgan fingerprint density at radius 1 is 1.39 bits per heavy atom. The summed E-state index contributed by atoms with van der Waals surface area (Å²) in [4.78, 5) is 23.3. The van der Waals surface area contributed by atoms with E-state index in [2.05, 4.69) is 0 Å². The highest BCUT2D eigenvalue weighted by Crippen LogP contribution is 2.37. The van der Waals surface area contributed by atoms with Crippen molar-refractivity contribution < 1.29 is 18.7 Å². The van der Waals surface area contributed by atoms with E-state index in [1.165, 1.54) is 13.2 Å². The average Bonchev–Trinajstić information content (AvgIpc) is 2.38. The first kappa shape index (κ1) is 12.7. The van der Waals surface area contributed by atoms with Gasteiger partial charge in [0.2, 0.25) is 0 Å². The number of carbonyl (C=O) groups excluding carboxylic acids is 2. The van der Waals surface area contributed by atoms with E-state index in [1.807, 2.05) is 0 Å². The van der Waals surface area contributed by atoms with Crippen molar-refractivity contribution in [2.45, 2.75) is 25.2 Å². The monoisotopic (exact) mass is 250 g/mol. The fraction of sp³-hybridized carbons (Fsp3) is 0.429. The molecular formula is C14H15FO3. The Hall–Kier alpha value is -1.71. The smallest absolute Gasteiger partial charge is 0.309 e. The van der Waals surface area contributed by atoms with Crippen LogP contribution in [-0.4, -0.2) is 18.9 Å². The number of methoxy groups -OCH3 is 1. The molecule has 1 aromatic rings. The minimum absolute atomic E-state index is 0.0726. The molecule has 0 radical (unpaired) electrons. The number of hydrogen-bond acceptors (Lipinski definition) is 3. The van der Waals surface area contributed by atoms with Crippen molar-refractivity contribution in [2.75, 3.05) is 7.11 Å². The van der Waals surface area contributed by atoms with Crippen molar-refractivity contribution in [3.05, 3.63) is 35.6 Å². The third-order valence-electron chi connectivity index (χ3n) is 3.48. The highest BCUT2D eigenvalue weighted by Gasteiger charge is 2.37. The Morgan fingerprint density at radius 2 is 2.11 bits per heavy atom. The highest BCUT2D eigenvalue weighted by molar-refractivity contribution is 5.84. The summed E-state index contributed by atoms with van der Waals surface area (Å²) in [6, 6.07) is 6.29. The predicted molar refractivity (Wildman–Crippen MR) is 63.5 cm³/mol. The van der Waals surface area contributed by atoms with Crippen molar-refractivity contribution in [1.29, 1.82) is 0 Å². The van der Waals surface area contributed by atoms with Crippen LogP contribution in [0.15, 0.2) is 24.3 Å². The molecule has 0 saturated heterocycles. The van der Waals surface area contributed by atoms with Crippen LogP contribution in [0.4, 0.5) is 4.39 Å². The normalized spacial score (nSPS) is 23.8. The molecule has 1 aliphatic rings. The van der Waals surface area contributed by atoms with Crippen molar-refractivity contribution >= 4 is 11.8 Å². The zero-order valence-electron chi connectivity index (χ0n) is 10.2. The number of Topliss-reactive ketones (excluding diaryl/α,β-unsaturated/α-hetero) is 1. The van der Waals surface area contributed by atoms with Gasteiger partial charge in [-0.1, -0.05) is 18.2 Å². The third kappa shape index (κ3) is 2.42. The summed E-state index contributed by atoms with van der Waals surface area (Å²) >= 11 is 0. The number of ether oxygens (including phenoxy) is 1. The van der Waals surface area contributed by atoms with Gasteiger partial charge in [-0.3, -0.25) is 9.59 Å². The Morgan fingerprint density at radius 3 is 2.78 bits per heavy atom. The molecule has 0 amide bonds. The number of esters is 1. The van der Waals surface area contributed by atoms with Gasteiger partial charge < -0.3 is 4.74 Å². The molecule has 1 saturated carbocycles. The summed E-state index contributed by atoms with van der Waals surface area (Å²) in [6.45, 7) is 0. The summed E-state index contributed by atoms with van der Waals surface area (Å²) in [5, 5.41) is 0. The average molecular weight is 250 g/mol. The van der Waals surface area contributed by atoms with Crippen LogP contribution in [0.1, 0.15) is 30.7 Å². The lowest BCUT2D eigenvalue weighted by Gasteiger charge is -2.29. The molecule has 4 heteroatoms. The predicted octanol–water partition coefficient (Wildman–Crippen LogP) is 2.45. The standard InChI is InChI=1S/C14H15FO3/c1-18-14(17)11-7-6-9(16)8-12(11)10-4-2-3-5-13(10)15/h2-5,11-12H,6-8H2,1H3/t11-,12+/m1/s1. The first-order chi connectivity index (χ1) is 8.63. The Balaban J connectivity index is 2.34. The van der Waals surface area contributed by atoms with E-state index >= 15 is 0 Å². The summed E-state index contributed by atoms with van der Waals surface area (Å²) in [5.41, 5.74) is 0.431. The van der Waals surface area contributed by atoms with E-state index in [1.54, 1.807) is 18.2 Å². The first-order valence-electron chi connectivity index (χ1n) is 5.97. The molecule has 0 heterocycles. The van der Waals surface area contributed by atoms with Crippen LogP contribution in [0.5, 0.6) is 0 Å². The van der Waals surface area contributed by atoms with Crippen LogP contribution in [0.3, 0.4) is 0 Å². The Bertz CT molecular complexity index is 470. The number of rotatable bonds is 2. The van der Waals surface area contributed by atoms with Gasteiger partial charge in [-0.2, -0.15) is 0 Å². The Kier molecular flexibility index (Phi) is 3.75. The molecule has 0 aromatic heterocycles. The molecule has 3 nitrogen and oxygen atoms in total. The maximum Gasteiger partial charge on any atom is 0.309 e. The second kappa shape index (κ2) is 5.29. The van der Waals surface area contributed by atoms with Gasteiger partial charge in [-0.05, 0) is 18.1 Å². The van der Waals surface area contributed by atoms with Crippen LogP contribution >= 0.6 is 0 Å². The molecule has 96 valence electrons. The molecule has 0 bridgehead atoms. The molecule has 2 rings (SSSR count). The lowest BCUT2D eigenvalue weighted by Crippen LogP contribution is -2.30. The summed E-state index contributed by atoms with van der Waals surface area (Å²) < 4.78 is 18.5. The van der Waals surface area contributed by atoms with E-state index < -0.39 is 11.8 Å². The van der Waals surface area contributed by atoms with Crippen molar-refractivity contribution in [1.82, 2.24) is 0 Å². The molecular weight excluding hydrogens is 235 g/mol. The zero-order chi connectivity index (χ0) is 13.1. The lowest BCUT2D eigenvalue weighted by atomic mass is 9.75. The summed E-state index contributed by atoms with van der Waals surface area (Å²) in [5.74, 6) is -1.49. The van der Waals surface area contributed by atoms with Gasteiger partial charge >= 0.3 is 5.97 Å². The molecule has 0 spiro atoms. The van der Waals surface area contributed by atoms with Gasteiger partial charge in [0, 0.05) is 18.8 Å². The quantitative estimate of drug-likeness (QED) is 0.757. The molecule has 1 fully saturated rings. The van der Waals surface area contributed by atoms with Gasteiger partial charge in [-0.25, -0.2) is 4.39 Å². The fourth-order valence-electron chi connectivity index (χ4n) is 2.54. The molecule has 1 aromatic carbocycles. The molecule has 1 aliphatic carbocycles. The van der Waals surface area contributed by atoms with Crippen molar-refractivity contribution in [3.63, 3.8) is 0 Å². The van der Waals surface area contributed by atoms with Crippen LogP contribution in [-0.2, 0) is 14.3 Å². The van der Waals surface area contributed by atoms with Gasteiger partial charge in [-0.15, -0.1) is 0 Å².